The third-order valence-corrected chi connectivity index (χ3v) is 6.26. The highest BCUT2D eigenvalue weighted by molar-refractivity contribution is 5.26. The predicted molar refractivity (Wildman–Crippen MR) is 103 cm³/mol. The van der Waals surface area contributed by atoms with Crippen molar-refractivity contribution in [1.82, 2.24) is 0 Å². The zero-order chi connectivity index (χ0) is 18.2. The van der Waals surface area contributed by atoms with Crippen LogP contribution in [0.4, 0.5) is 0 Å². The third-order valence-electron chi connectivity index (χ3n) is 6.26. The highest BCUT2D eigenvalue weighted by Gasteiger charge is 2.40. The Kier molecular flexibility index (Phi) is 7.77. The average Bonchev–Trinajstić information content (AvgIpc) is 3.57. The van der Waals surface area contributed by atoms with Crippen LogP contribution in [0.1, 0.15) is 70.8 Å². The van der Waals surface area contributed by atoms with Crippen LogP contribution >= 0.6 is 0 Å². The van der Waals surface area contributed by atoms with Crippen LogP contribution in [0, 0.1) is 10.8 Å². The SMILES string of the molecule is CCC1(CCO)CC1.CCC1(CCOCc2ccc(OC)cc2)CC1. The number of hydrogen-bond acceptors (Lipinski definition) is 3. The van der Waals surface area contributed by atoms with E-state index in [4.69, 9.17) is 14.6 Å². The Morgan fingerprint density at radius 1 is 0.920 bits per heavy atom. The van der Waals surface area contributed by atoms with Crippen molar-refractivity contribution in [3.05, 3.63) is 29.8 Å². The quantitative estimate of drug-likeness (QED) is 0.579. The Hall–Kier alpha value is -1.06. The van der Waals surface area contributed by atoms with Gasteiger partial charge in [-0.05, 0) is 67.1 Å². The van der Waals surface area contributed by atoms with Gasteiger partial charge in [-0.2, -0.15) is 0 Å². The lowest BCUT2D eigenvalue weighted by molar-refractivity contribution is 0.103. The fraction of sp³-hybridized carbons (Fsp3) is 0.727. The van der Waals surface area contributed by atoms with E-state index in [9.17, 15) is 0 Å². The van der Waals surface area contributed by atoms with Gasteiger partial charge in [0.1, 0.15) is 5.75 Å². The molecule has 0 aliphatic heterocycles. The Labute approximate surface area is 153 Å². The zero-order valence-corrected chi connectivity index (χ0v) is 16.4. The molecule has 0 heterocycles. The second-order valence-corrected chi connectivity index (χ2v) is 7.83. The lowest BCUT2D eigenvalue weighted by Gasteiger charge is -2.12. The van der Waals surface area contributed by atoms with Gasteiger partial charge >= 0.3 is 0 Å². The maximum absolute atomic E-state index is 8.57. The normalized spacial score (nSPS) is 18.9. The molecule has 3 rings (SSSR count). The molecule has 25 heavy (non-hydrogen) atoms. The summed E-state index contributed by atoms with van der Waals surface area (Å²) in [4.78, 5) is 0. The van der Waals surface area contributed by atoms with Gasteiger partial charge in [0.15, 0.2) is 0 Å². The maximum Gasteiger partial charge on any atom is 0.118 e. The first-order valence-corrected chi connectivity index (χ1v) is 9.92. The fourth-order valence-electron chi connectivity index (χ4n) is 3.35. The van der Waals surface area contributed by atoms with Crippen molar-refractivity contribution >= 4 is 0 Å². The number of methoxy groups -OCH3 is 1. The van der Waals surface area contributed by atoms with E-state index in [1.807, 2.05) is 12.1 Å². The molecule has 0 amide bonds. The average molecular weight is 349 g/mol. The number of aliphatic hydroxyl groups is 1. The van der Waals surface area contributed by atoms with Crippen LogP contribution in [0.25, 0.3) is 0 Å². The summed E-state index contributed by atoms with van der Waals surface area (Å²) in [5.41, 5.74) is 2.45. The minimum absolute atomic E-state index is 0.383. The standard InChI is InChI=1S/C15H22O2.C7H14O/c1-3-15(8-9-15)10-11-17-12-13-4-6-14(16-2)7-5-13;1-2-7(3-4-7)5-6-8/h4-7H,3,8-12H2,1-2H3;8H,2-6H2,1H3. The molecule has 2 aliphatic rings. The molecule has 0 spiro atoms. The van der Waals surface area contributed by atoms with Crippen molar-refractivity contribution in [3.8, 4) is 5.75 Å². The van der Waals surface area contributed by atoms with Crippen molar-refractivity contribution in [2.75, 3.05) is 20.3 Å². The Morgan fingerprint density at radius 2 is 1.48 bits per heavy atom. The Balaban J connectivity index is 0.000000236. The predicted octanol–water partition coefficient (Wildman–Crippen LogP) is 5.35. The van der Waals surface area contributed by atoms with Gasteiger partial charge in [-0.1, -0.05) is 38.8 Å². The van der Waals surface area contributed by atoms with E-state index in [1.54, 1.807) is 7.11 Å². The summed E-state index contributed by atoms with van der Waals surface area (Å²) in [6.07, 6.45) is 10.3. The molecule has 2 aliphatic carbocycles. The van der Waals surface area contributed by atoms with Crippen molar-refractivity contribution in [2.45, 2.75) is 71.8 Å². The number of rotatable bonds is 10. The van der Waals surface area contributed by atoms with Crippen LogP contribution in [0.5, 0.6) is 5.75 Å². The number of hydrogen-bond donors (Lipinski definition) is 1. The maximum atomic E-state index is 8.57. The van der Waals surface area contributed by atoms with Gasteiger partial charge in [0.25, 0.3) is 0 Å². The van der Waals surface area contributed by atoms with Gasteiger partial charge in [-0.15, -0.1) is 0 Å². The van der Waals surface area contributed by atoms with E-state index < -0.39 is 0 Å². The molecular weight excluding hydrogens is 312 g/mol. The molecular formula is C22H36O3. The molecule has 2 fully saturated rings. The summed E-state index contributed by atoms with van der Waals surface area (Å²) in [5.74, 6) is 0.900. The molecule has 0 unspecified atom stereocenters. The molecule has 2 saturated carbocycles. The molecule has 3 nitrogen and oxygen atoms in total. The lowest BCUT2D eigenvalue weighted by Crippen LogP contribution is -2.04. The smallest absolute Gasteiger partial charge is 0.118 e. The van der Waals surface area contributed by atoms with E-state index in [1.165, 1.54) is 50.5 Å². The van der Waals surface area contributed by atoms with Gasteiger partial charge in [0.05, 0.1) is 13.7 Å². The van der Waals surface area contributed by atoms with Crippen LogP contribution in [-0.2, 0) is 11.3 Å². The second kappa shape index (κ2) is 9.59. The van der Waals surface area contributed by atoms with Gasteiger partial charge in [0.2, 0.25) is 0 Å². The first-order valence-electron chi connectivity index (χ1n) is 9.92. The first-order chi connectivity index (χ1) is 12.1. The molecule has 1 aromatic carbocycles. The number of ether oxygens (including phenoxy) is 2. The van der Waals surface area contributed by atoms with E-state index >= 15 is 0 Å². The van der Waals surface area contributed by atoms with Gasteiger partial charge in [-0.3, -0.25) is 0 Å². The summed E-state index contributed by atoms with van der Waals surface area (Å²) < 4.78 is 10.9. The third kappa shape index (κ3) is 6.63. The van der Waals surface area contributed by atoms with Crippen LogP contribution < -0.4 is 4.74 Å². The molecule has 1 aromatic rings. The highest BCUT2D eigenvalue weighted by Crippen LogP contribution is 2.51. The van der Waals surface area contributed by atoms with Crippen molar-refractivity contribution in [2.24, 2.45) is 10.8 Å². The molecule has 0 atom stereocenters. The van der Waals surface area contributed by atoms with Gasteiger partial charge in [0, 0.05) is 13.2 Å². The molecule has 0 radical (unpaired) electrons. The minimum atomic E-state index is 0.383. The fourth-order valence-corrected chi connectivity index (χ4v) is 3.35. The van der Waals surface area contributed by atoms with Crippen molar-refractivity contribution in [1.29, 1.82) is 0 Å². The van der Waals surface area contributed by atoms with E-state index in [2.05, 4.69) is 26.0 Å². The molecule has 1 N–H and O–H groups in total. The van der Waals surface area contributed by atoms with E-state index in [0.29, 0.717) is 24.0 Å². The molecule has 3 heteroatoms. The molecule has 0 saturated heterocycles. The Morgan fingerprint density at radius 3 is 1.88 bits per heavy atom. The number of aliphatic hydroxyl groups excluding tert-OH is 1. The van der Waals surface area contributed by atoms with E-state index in [-0.39, 0.29) is 0 Å². The van der Waals surface area contributed by atoms with Crippen LogP contribution in [0.3, 0.4) is 0 Å². The van der Waals surface area contributed by atoms with Crippen LogP contribution in [0.2, 0.25) is 0 Å². The molecule has 142 valence electrons. The number of benzene rings is 1. The summed E-state index contributed by atoms with van der Waals surface area (Å²) in [7, 11) is 1.69. The largest absolute Gasteiger partial charge is 0.497 e. The molecule has 0 bridgehead atoms. The summed E-state index contributed by atoms with van der Waals surface area (Å²) in [6, 6.07) is 8.08. The summed E-state index contributed by atoms with van der Waals surface area (Å²) >= 11 is 0. The second-order valence-electron chi connectivity index (χ2n) is 7.83. The lowest BCUT2D eigenvalue weighted by atomic mass is 10.0. The monoisotopic (exact) mass is 348 g/mol. The Bertz CT molecular complexity index is 486. The highest BCUT2D eigenvalue weighted by atomic mass is 16.5. The topological polar surface area (TPSA) is 38.7 Å². The van der Waals surface area contributed by atoms with E-state index in [0.717, 1.165) is 18.8 Å². The zero-order valence-electron chi connectivity index (χ0n) is 16.4. The summed E-state index contributed by atoms with van der Waals surface area (Å²) in [5, 5.41) is 8.57. The van der Waals surface area contributed by atoms with Gasteiger partial charge in [-0.25, -0.2) is 0 Å². The molecule has 0 aromatic heterocycles. The summed E-state index contributed by atoms with van der Waals surface area (Å²) in [6.45, 7) is 6.48. The van der Waals surface area contributed by atoms with Crippen molar-refractivity contribution < 1.29 is 14.6 Å². The van der Waals surface area contributed by atoms with Crippen LogP contribution in [-0.4, -0.2) is 25.4 Å². The van der Waals surface area contributed by atoms with Crippen molar-refractivity contribution in [3.63, 3.8) is 0 Å². The van der Waals surface area contributed by atoms with Gasteiger partial charge < -0.3 is 14.6 Å². The van der Waals surface area contributed by atoms with Crippen LogP contribution in [0.15, 0.2) is 24.3 Å². The minimum Gasteiger partial charge on any atom is -0.497 e. The first kappa shape index (κ1) is 20.3.